The fourth-order valence-electron chi connectivity index (χ4n) is 1.51. The van der Waals surface area contributed by atoms with Crippen LogP contribution in [-0.2, 0) is 13.1 Å². The molecule has 0 bridgehead atoms. The first-order valence-corrected chi connectivity index (χ1v) is 6.40. The minimum atomic E-state index is -0.279. The predicted molar refractivity (Wildman–Crippen MR) is 72.8 cm³/mol. The van der Waals surface area contributed by atoms with Crippen molar-refractivity contribution in [1.82, 2.24) is 14.9 Å². The van der Waals surface area contributed by atoms with Crippen molar-refractivity contribution >= 4 is 0 Å². The van der Waals surface area contributed by atoms with Gasteiger partial charge in [0.05, 0.1) is 18.0 Å². The summed E-state index contributed by atoms with van der Waals surface area (Å²) in [7, 11) is 0. The van der Waals surface area contributed by atoms with Gasteiger partial charge in [0.2, 0.25) is 0 Å². The average molecular weight is 248 g/mol. The summed E-state index contributed by atoms with van der Waals surface area (Å²) in [6.45, 7) is 11.9. The molecule has 1 N–H and O–H groups in total. The minimum absolute atomic E-state index is 0.0860. The largest absolute Gasteiger partial charge is 0.334 e. The highest BCUT2D eigenvalue weighted by molar-refractivity contribution is 4.96. The molecule has 0 radical (unpaired) electrons. The molecule has 0 amide bonds. The first-order valence-electron chi connectivity index (χ1n) is 6.40. The van der Waals surface area contributed by atoms with Crippen LogP contribution in [0.1, 0.15) is 46.9 Å². The van der Waals surface area contributed by atoms with Crippen LogP contribution in [0.5, 0.6) is 0 Å². The molecule has 0 fully saturated rings. The number of nitrogens with one attached hydrogen (secondary N) is 1. The lowest BCUT2D eigenvalue weighted by molar-refractivity contribution is 0.388. The number of nitriles is 1. The minimum Gasteiger partial charge on any atom is -0.334 e. The third-order valence-electron chi connectivity index (χ3n) is 2.86. The Balaban J connectivity index is 2.58. The zero-order valence-electron chi connectivity index (χ0n) is 12.1. The van der Waals surface area contributed by atoms with E-state index in [1.165, 1.54) is 0 Å². The van der Waals surface area contributed by atoms with Gasteiger partial charge in [0.25, 0.3) is 0 Å². The van der Waals surface area contributed by atoms with Crippen LogP contribution in [0, 0.1) is 16.7 Å². The molecule has 1 aromatic heterocycles. The summed E-state index contributed by atoms with van der Waals surface area (Å²) in [6, 6.07) is 2.33. The fourth-order valence-corrected chi connectivity index (χ4v) is 1.51. The summed E-state index contributed by atoms with van der Waals surface area (Å²) < 4.78 is 2.12. The first-order chi connectivity index (χ1) is 8.23. The third-order valence-corrected chi connectivity index (χ3v) is 2.86. The van der Waals surface area contributed by atoms with Gasteiger partial charge < -0.3 is 9.88 Å². The summed E-state index contributed by atoms with van der Waals surface area (Å²) in [5.41, 5.74) is -0.193. The number of imidazole rings is 1. The summed E-state index contributed by atoms with van der Waals surface area (Å²) in [5, 5.41) is 12.4. The Kier molecular flexibility index (Phi) is 4.53. The van der Waals surface area contributed by atoms with E-state index >= 15 is 0 Å². The molecule has 4 nitrogen and oxygen atoms in total. The summed E-state index contributed by atoms with van der Waals surface area (Å²) >= 11 is 0. The number of nitrogens with zero attached hydrogens (tertiary/aromatic N) is 3. The molecule has 1 rings (SSSR count). The quantitative estimate of drug-likeness (QED) is 0.871. The number of hydrogen-bond donors (Lipinski definition) is 1. The van der Waals surface area contributed by atoms with Crippen molar-refractivity contribution < 1.29 is 0 Å². The molecule has 0 unspecified atom stereocenters. The Labute approximate surface area is 110 Å². The Morgan fingerprint density at radius 3 is 2.56 bits per heavy atom. The molecule has 18 heavy (non-hydrogen) atoms. The van der Waals surface area contributed by atoms with Crippen molar-refractivity contribution in [3.05, 3.63) is 18.2 Å². The zero-order valence-corrected chi connectivity index (χ0v) is 12.1. The van der Waals surface area contributed by atoms with Gasteiger partial charge in [-0.1, -0.05) is 0 Å². The fraction of sp³-hybridized carbons (Fsp3) is 0.714. The molecule has 0 aliphatic carbocycles. The maximum atomic E-state index is 9.01. The van der Waals surface area contributed by atoms with Crippen molar-refractivity contribution in [2.24, 2.45) is 5.41 Å². The highest BCUT2D eigenvalue weighted by Gasteiger charge is 2.17. The monoisotopic (exact) mass is 248 g/mol. The highest BCUT2D eigenvalue weighted by atomic mass is 15.1. The first kappa shape index (κ1) is 14.7. The van der Waals surface area contributed by atoms with Crippen LogP contribution < -0.4 is 5.32 Å². The second kappa shape index (κ2) is 5.53. The van der Waals surface area contributed by atoms with Crippen LogP contribution in [0.3, 0.4) is 0 Å². The van der Waals surface area contributed by atoms with E-state index in [0.717, 1.165) is 25.3 Å². The average Bonchev–Trinajstić information content (AvgIpc) is 2.70. The Bertz CT molecular complexity index is 418. The van der Waals surface area contributed by atoms with Crippen LogP contribution in [0.15, 0.2) is 12.4 Å². The van der Waals surface area contributed by atoms with Crippen LogP contribution in [0.2, 0.25) is 0 Å². The molecular weight excluding hydrogens is 224 g/mol. The van der Waals surface area contributed by atoms with Gasteiger partial charge >= 0.3 is 0 Å². The van der Waals surface area contributed by atoms with E-state index in [1.54, 1.807) is 0 Å². The van der Waals surface area contributed by atoms with Gasteiger partial charge in [-0.3, -0.25) is 0 Å². The summed E-state index contributed by atoms with van der Waals surface area (Å²) in [6.07, 6.45) is 4.63. The molecule has 1 aromatic rings. The molecule has 0 saturated heterocycles. The molecule has 0 atom stereocenters. The molecule has 0 aromatic carbocycles. The lowest BCUT2D eigenvalue weighted by atomic mass is 9.91. The highest BCUT2D eigenvalue weighted by Crippen LogP contribution is 2.19. The van der Waals surface area contributed by atoms with Crippen LogP contribution in [0.25, 0.3) is 0 Å². The van der Waals surface area contributed by atoms with Crippen LogP contribution in [-0.4, -0.2) is 15.1 Å². The normalized spacial score (nSPS) is 12.4. The van der Waals surface area contributed by atoms with Crippen molar-refractivity contribution in [3.8, 4) is 6.07 Å². The molecule has 0 aliphatic rings. The zero-order chi connectivity index (χ0) is 13.8. The van der Waals surface area contributed by atoms with Gasteiger partial charge in [0.15, 0.2) is 0 Å². The second-order valence-electron chi connectivity index (χ2n) is 6.39. The van der Waals surface area contributed by atoms with Crippen LogP contribution >= 0.6 is 0 Å². The molecule has 4 heteroatoms. The lowest BCUT2D eigenvalue weighted by Crippen LogP contribution is -2.36. The number of hydrogen-bond acceptors (Lipinski definition) is 3. The van der Waals surface area contributed by atoms with Gasteiger partial charge in [-0.25, -0.2) is 4.98 Å². The predicted octanol–water partition coefficient (Wildman–Crippen LogP) is 2.71. The molecule has 0 spiro atoms. The summed E-state index contributed by atoms with van der Waals surface area (Å²) in [4.78, 5) is 4.36. The van der Waals surface area contributed by atoms with Gasteiger partial charge in [0.1, 0.15) is 5.82 Å². The van der Waals surface area contributed by atoms with E-state index < -0.39 is 0 Å². The number of aromatic nitrogens is 2. The van der Waals surface area contributed by atoms with Gasteiger partial charge in [-0.15, -0.1) is 0 Å². The van der Waals surface area contributed by atoms with Crippen LogP contribution in [0.4, 0.5) is 0 Å². The molecule has 0 saturated carbocycles. The number of aryl methyl sites for hydroxylation is 1. The van der Waals surface area contributed by atoms with E-state index in [2.05, 4.69) is 41.7 Å². The van der Waals surface area contributed by atoms with E-state index in [9.17, 15) is 0 Å². The van der Waals surface area contributed by atoms with Crippen molar-refractivity contribution in [2.75, 3.05) is 0 Å². The maximum Gasteiger partial charge on any atom is 0.122 e. The van der Waals surface area contributed by atoms with E-state index in [4.69, 9.17) is 5.26 Å². The summed E-state index contributed by atoms with van der Waals surface area (Å²) in [5.74, 6) is 1.03. The topological polar surface area (TPSA) is 53.6 Å². The second-order valence-corrected chi connectivity index (χ2v) is 6.39. The molecule has 0 aliphatic heterocycles. The van der Waals surface area contributed by atoms with E-state index in [1.807, 2.05) is 26.2 Å². The molecule has 1 heterocycles. The van der Waals surface area contributed by atoms with E-state index in [0.29, 0.717) is 0 Å². The molecular formula is C14H24N4. The van der Waals surface area contributed by atoms with Crippen molar-refractivity contribution in [2.45, 2.75) is 59.7 Å². The standard InChI is InChI=1S/C14H24N4/c1-13(2,3)17-10-12-16-7-9-18(12)8-6-14(4,5)11-15/h7,9,17H,6,8,10H2,1-5H3. The maximum absolute atomic E-state index is 9.01. The Hall–Kier alpha value is -1.34. The lowest BCUT2D eigenvalue weighted by Gasteiger charge is -2.21. The number of rotatable bonds is 5. The van der Waals surface area contributed by atoms with Crippen molar-refractivity contribution in [3.63, 3.8) is 0 Å². The third kappa shape index (κ3) is 4.89. The van der Waals surface area contributed by atoms with E-state index in [-0.39, 0.29) is 11.0 Å². The van der Waals surface area contributed by atoms with Crippen molar-refractivity contribution in [1.29, 1.82) is 5.26 Å². The Morgan fingerprint density at radius 2 is 2.00 bits per heavy atom. The smallest absolute Gasteiger partial charge is 0.122 e. The van der Waals surface area contributed by atoms with Gasteiger partial charge in [0, 0.05) is 24.5 Å². The van der Waals surface area contributed by atoms with Gasteiger partial charge in [-0.05, 0) is 41.0 Å². The molecule has 100 valence electrons. The SMILES string of the molecule is CC(C)(C#N)CCn1ccnc1CNC(C)(C)C. The Morgan fingerprint density at radius 1 is 1.33 bits per heavy atom. The van der Waals surface area contributed by atoms with Gasteiger partial charge in [-0.2, -0.15) is 5.26 Å².